The van der Waals surface area contributed by atoms with Gasteiger partial charge in [-0.25, -0.2) is 23.5 Å². The highest BCUT2D eigenvalue weighted by Gasteiger charge is 2.31. The fourth-order valence-electron chi connectivity index (χ4n) is 4.39. The van der Waals surface area contributed by atoms with Crippen LogP contribution >= 0.6 is 0 Å². The van der Waals surface area contributed by atoms with Crippen molar-refractivity contribution in [1.29, 1.82) is 0 Å². The number of para-hydroxylation sites is 1. The molecule has 0 fully saturated rings. The number of amides is 2. The van der Waals surface area contributed by atoms with E-state index in [2.05, 4.69) is 30.6 Å². The molecule has 0 saturated carbocycles. The molecule has 11 heteroatoms. The van der Waals surface area contributed by atoms with E-state index in [-0.39, 0.29) is 12.6 Å². The predicted molar refractivity (Wildman–Crippen MR) is 142 cm³/mol. The number of anilines is 6. The van der Waals surface area contributed by atoms with Crippen LogP contribution in [0.5, 0.6) is 0 Å². The number of aromatic nitrogens is 4. The number of rotatable bonds is 5. The Hall–Kier alpha value is -5.06. The summed E-state index contributed by atoms with van der Waals surface area (Å²) >= 11 is 0. The molecule has 6 rings (SSSR count). The normalized spacial score (nSPS) is 13.1. The topological polar surface area (TPSA) is 102 Å². The van der Waals surface area contributed by atoms with Gasteiger partial charge in [0.25, 0.3) is 0 Å². The van der Waals surface area contributed by atoms with E-state index in [1.807, 2.05) is 55.5 Å². The van der Waals surface area contributed by atoms with E-state index in [9.17, 15) is 13.6 Å². The number of hydrogen-bond donors (Lipinski definition) is 3. The van der Waals surface area contributed by atoms with Gasteiger partial charge in [-0.2, -0.15) is 4.98 Å². The summed E-state index contributed by atoms with van der Waals surface area (Å²) in [5.74, 6) is -0.665. The molecule has 0 radical (unpaired) electrons. The molecule has 3 aromatic carbocycles. The van der Waals surface area contributed by atoms with Crippen LogP contribution in [0.25, 0.3) is 11.0 Å². The minimum atomic E-state index is -0.965. The SMILES string of the molecule is Cc1ccc(Nc2nc3cc(F)c(F)cc3[nH]2)cc1N1Cc2cnc(Nc3ccccc3)nc2N(C)C1=O. The maximum atomic E-state index is 13.6. The quantitative estimate of drug-likeness (QED) is 0.267. The lowest BCUT2D eigenvalue weighted by atomic mass is 10.1. The van der Waals surface area contributed by atoms with E-state index in [0.717, 1.165) is 28.9 Å². The molecule has 3 N–H and O–H groups in total. The molecule has 190 valence electrons. The van der Waals surface area contributed by atoms with Crippen LogP contribution in [-0.2, 0) is 6.54 Å². The first-order valence-electron chi connectivity index (χ1n) is 11.8. The van der Waals surface area contributed by atoms with Gasteiger partial charge in [0.2, 0.25) is 11.9 Å². The van der Waals surface area contributed by atoms with Crippen LogP contribution in [0.2, 0.25) is 0 Å². The van der Waals surface area contributed by atoms with Crippen molar-refractivity contribution in [3.05, 3.63) is 89.6 Å². The molecule has 2 amide bonds. The molecule has 3 heterocycles. The van der Waals surface area contributed by atoms with E-state index >= 15 is 0 Å². The third-order valence-electron chi connectivity index (χ3n) is 6.32. The van der Waals surface area contributed by atoms with Gasteiger partial charge in [-0.3, -0.25) is 9.80 Å². The Balaban J connectivity index is 1.27. The van der Waals surface area contributed by atoms with Crippen molar-refractivity contribution in [3.8, 4) is 0 Å². The van der Waals surface area contributed by atoms with Gasteiger partial charge in [-0.15, -0.1) is 0 Å². The van der Waals surface area contributed by atoms with Crippen LogP contribution in [-0.4, -0.2) is 33.0 Å². The third kappa shape index (κ3) is 4.23. The number of aromatic amines is 1. The van der Waals surface area contributed by atoms with Crippen LogP contribution in [0.15, 0.2) is 66.9 Å². The Morgan fingerprint density at radius 3 is 2.55 bits per heavy atom. The molecule has 0 bridgehead atoms. The van der Waals surface area contributed by atoms with Gasteiger partial charge in [-0.05, 0) is 36.8 Å². The lowest BCUT2D eigenvalue weighted by molar-refractivity contribution is 0.251. The number of nitrogens with zero attached hydrogens (tertiary/aromatic N) is 5. The highest BCUT2D eigenvalue weighted by molar-refractivity contribution is 6.05. The molecule has 5 aromatic rings. The Labute approximate surface area is 216 Å². The van der Waals surface area contributed by atoms with Crippen molar-refractivity contribution < 1.29 is 13.6 Å². The molecule has 1 aliphatic rings. The zero-order chi connectivity index (χ0) is 26.4. The van der Waals surface area contributed by atoms with Crippen LogP contribution in [0.1, 0.15) is 11.1 Å². The number of imidazole rings is 1. The molecule has 38 heavy (non-hydrogen) atoms. The van der Waals surface area contributed by atoms with E-state index in [1.165, 1.54) is 4.90 Å². The summed E-state index contributed by atoms with van der Waals surface area (Å²) in [4.78, 5) is 32.8. The molecule has 1 aliphatic heterocycles. The highest BCUT2D eigenvalue weighted by atomic mass is 19.2. The number of nitrogens with one attached hydrogen (secondary N) is 3. The molecule has 9 nitrogen and oxygen atoms in total. The number of halogens is 2. The van der Waals surface area contributed by atoms with Gasteiger partial charge in [0.05, 0.1) is 23.3 Å². The zero-order valence-electron chi connectivity index (χ0n) is 20.5. The second kappa shape index (κ2) is 9.11. The minimum Gasteiger partial charge on any atom is -0.326 e. The number of carbonyl (C=O) groups excluding carboxylic acids is 1. The van der Waals surface area contributed by atoms with Crippen LogP contribution < -0.4 is 20.4 Å². The van der Waals surface area contributed by atoms with Crippen molar-refractivity contribution in [2.45, 2.75) is 13.5 Å². The number of aryl methyl sites for hydroxylation is 1. The molecular weight excluding hydrogens is 490 g/mol. The first-order chi connectivity index (χ1) is 18.4. The number of hydrogen-bond acceptors (Lipinski definition) is 6. The van der Waals surface area contributed by atoms with Crippen molar-refractivity contribution in [2.75, 3.05) is 27.5 Å². The Morgan fingerprint density at radius 1 is 0.947 bits per heavy atom. The summed E-state index contributed by atoms with van der Waals surface area (Å²) in [5.41, 5.74) is 4.53. The van der Waals surface area contributed by atoms with E-state index in [4.69, 9.17) is 0 Å². The molecule has 0 saturated heterocycles. The van der Waals surface area contributed by atoms with Gasteiger partial charge >= 0.3 is 6.03 Å². The summed E-state index contributed by atoms with van der Waals surface area (Å²) in [7, 11) is 1.68. The third-order valence-corrected chi connectivity index (χ3v) is 6.32. The minimum absolute atomic E-state index is 0.239. The van der Waals surface area contributed by atoms with E-state index in [0.29, 0.717) is 40.1 Å². The second-order valence-corrected chi connectivity index (χ2v) is 8.96. The van der Waals surface area contributed by atoms with Crippen molar-refractivity contribution in [1.82, 2.24) is 19.9 Å². The average molecular weight is 513 g/mol. The Kier molecular flexibility index (Phi) is 5.60. The smallest absolute Gasteiger partial charge is 0.326 e. The Morgan fingerprint density at radius 2 is 1.74 bits per heavy atom. The average Bonchev–Trinajstić information content (AvgIpc) is 3.29. The van der Waals surface area contributed by atoms with Crippen molar-refractivity contribution >= 4 is 51.8 Å². The summed E-state index contributed by atoms with van der Waals surface area (Å²) in [5, 5.41) is 6.27. The summed E-state index contributed by atoms with van der Waals surface area (Å²) < 4.78 is 27.2. The monoisotopic (exact) mass is 512 g/mol. The van der Waals surface area contributed by atoms with Gasteiger partial charge in [-0.1, -0.05) is 24.3 Å². The summed E-state index contributed by atoms with van der Waals surface area (Å²) in [6.07, 6.45) is 1.72. The standard InChI is InChI=1S/C27H22F2N8O/c1-15-8-9-18(32-26-33-21-11-19(28)20(29)12-22(21)34-26)10-23(15)37-14-16-13-30-25(31-17-6-4-3-5-7-17)35-24(16)36(2)27(37)38/h3-13H,14H2,1-2H3,(H,30,31,35)(H2,32,33,34). The van der Waals surface area contributed by atoms with Crippen LogP contribution in [0.4, 0.5) is 48.4 Å². The van der Waals surface area contributed by atoms with Gasteiger partial charge in [0.1, 0.15) is 5.82 Å². The zero-order valence-corrected chi connectivity index (χ0v) is 20.5. The second-order valence-electron chi connectivity index (χ2n) is 8.96. The van der Waals surface area contributed by atoms with Crippen LogP contribution in [0.3, 0.4) is 0 Å². The van der Waals surface area contributed by atoms with E-state index < -0.39 is 11.6 Å². The van der Waals surface area contributed by atoms with Crippen molar-refractivity contribution in [2.24, 2.45) is 0 Å². The molecule has 0 aliphatic carbocycles. The molecular formula is C27H22F2N8O. The lowest BCUT2D eigenvalue weighted by Gasteiger charge is -2.35. The Bertz CT molecular complexity index is 1650. The molecule has 2 aromatic heterocycles. The maximum absolute atomic E-state index is 13.6. The lowest BCUT2D eigenvalue weighted by Crippen LogP contribution is -2.46. The number of H-pyrrole nitrogens is 1. The van der Waals surface area contributed by atoms with Gasteiger partial charge in [0, 0.05) is 42.3 Å². The number of carbonyl (C=O) groups is 1. The fraction of sp³-hybridized carbons (Fsp3) is 0.111. The number of benzene rings is 3. The van der Waals surface area contributed by atoms with E-state index in [1.54, 1.807) is 18.1 Å². The number of fused-ring (bicyclic) bond motifs is 2. The highest BCUT2D eigenvalue weighted by Crippen LogP contribution is 2.34. The maximum Gasteiger partial charge on any atom is 0.330 e. The first-order valence-corrected chi connectivity index (χ1v) is 11.8. The predicted octanol–water partition coefficient (Wildman–Crippen LogP) is 6.00. The molecule has 0 unspecified atom stereocenters. The van der Waals surface area contributed by atoms with Gasteiger partial charge < -0.3 is 15.6 Å². The largest absolute Gasteiger partial charge is 0.330 e. The number of urea groups is 1. The van der Waals surface area contributed by atoms with Crippen molar-refractivity contribution in [3.63, 3.8) is 0 Å². The summed E-state index contributed by atoms with van der Waals surface area (Å²) in [6.45, 7) is 2.20. The van der Waals surface area contributed by atoms with Crippen LogP contribution in [0, 0.1) is 18.6 Å². The summed E-state index contributed by atoms with van der Waals surface area (Å²) in [6, 6.07) is 17.0. The first kappa shape index (κ1) is 23.3. The van der Waals surface area contributed by atoms with Gasteiger partial charge in [0.15, 0.2) is 11.6 Å². The fourth-order valence-corrected chi connectivity index (χ4v) is 4.39. The molecule has 0 atom stereocenters. The molecule has 0 spiro atoms.